The molecule has 3 heteroatoms. The third kappa shape index (κ3) is 1.82. The number of hydrogen-bond donors (Lipinski definition) is 1. The van der Waals surface area contributed by atoms with Crippen LogP contribution < -0.4 is 5.32 Å². The van der Waals surface area contributed by atoms with Crippen LogP contribution in [0.1, 0.15) is 31.8 Å². The first-order chi connectivity index (χ1) is 10.6. The zero-order valence-corrected chi connectivity index (χ0v) is 12.2. The van der Waals surface area contributed by atoms with E-state index in [0.717, 1.165) is 11.3 Å². The number of ketones is 2. The minimum Gasteiger partial charge on any atom is -0.377 e. The zero-order valence-electron chi connectivity index (χ0n) is 12.2. The average molecular weight is 289 g/mol. The molecule has 22 heavy (non-hydrogen) atoms. The third-order valence-electron chi connectivity index (χ3n) is 4.39. The Labute approximate surface area is 128 Å². The van der Waals surface area contributed by atoms with Crippen LogP contribution in [0, 0.1) is 12.8 Å². The van der Waals surface area contributed by atoms with Gasteiger partial charge in [-0.05, 0) is 24.6 Å². The van der Waals surface area contributed by atoms with Crippen molar-refractivity contribution < 1.29 is 9.59 Å². The smallest absolute Gasteiger partial charge is 0.176 e. The topological polar surface area (TPSA) is 46.2 Å². The van der Waals surface area contributed by atoms with Gasteiger partial charge in [-0.3, -0.25) is 9.59 Å². The molecule has 2 aromatic rings. The number of nitrogens with one attached hydrogen (secondary N) is 1. The molecule has 0 fully saturated rings. The number of Topliss-reactive ketones (excluding diaryl/α,β-unsaturated/α-hetero) is 2. The lowest BCUT2D eigenvalue weighted by Gasteiger charge is -2.25. The van der Waals surface area contributed by atoms with Crippen molar-refractivity contribution in [2.45, 2.75) is 13.0 Å². The van der Waals surface area contributed by atoms with E-state index < -0.39 is 5.92 Å². The molecule has 0 saturated heterocycles. The molecule has 1 unspecified atom stereocenters. The van der Waals surface area contributed by atoms with Gasteiger partial charge in [-0.2, -0.15) is 0 Å². The predicted octanol–water partition coefficient (Wildman–Crippen LogP) is 3.50. The number of aryl methyl sites for hydroxylation is 1. The van der Waals surface area contributed by atoms with E-state index in [1.54, 1.807) is 24.3 Å². The second-order valence-electron chi connectivity index (χ2n) is 5.87. The van der Waals surface area contributed by atoms with E-state index in [9.17, 15) is 9.59 Å². The normalized spacial score (nSPS) is 19.8. The summed E-state index contributed by atoms with van der Waals surface area (Å²) in [4.78, 5) is 25.2. The van der Waals surface area contributed by atoms with E-state index in [0.29, 0.717) is 11.1 Å². The molecule has 0 spiro atoms. The number of hydrogen-bond acceptors (Lipinski definition) is 3. The molecule has 1 atom stereocenters. The Morgan fingerprint density at radius 3 is 2.32 bits per heavy atom. The Kier molecular flexibility index (Phi) is 2.76. The van der Waals surface area contributed by atoms with Crippen molar-refractivity contribution in [3.8, 4) is 0 Å². The molecule has 1 aliphatic carbocycles. The molecule has 0 bridgehead atoms. The van der Waals surface area contributed by atoms with Crippen LogP contribution in [0.5, 0.6) is 0 Å². The van der Waals surface area contributed by atoms with E-state index in [4.69, 9.17) is 0 Å². The summed E-state index contributed by atoms with van der Waals surface area (Å²) in [6, 6.07) is 12.9. The lowest BCUT2D eigenvalue weighted by atomic mass is 9.90. The van der Waals surface area contributed by atoms with Crippen molar-refractivity contribution in [2.24, 2.45) is 5.92 Å². The SMILES string of the molecule is Cc1ccc2c(c1)C=CC(C1C(=O)c3ccccc3C1=O)N2. The quantitative estimate of drug-likeness (QED) is 0.817. The van der Waals surface area contributed by atoms with Crippen molar-refractivity contribution >= 4 is 23.3 Å². The molecule has 1 aliphatic heterocycles. The molecule has 0 aromatic heterocycles. The standard InChI is InChI=1S/C19H15NO2/c1-11-6-8-15-12(10-11)7-9-16(20-15)17-18(21)13-4-2-3-5-14(13)19(17)22/h2-10,16-17,20H,1H3. The molecule has 0 amide bonds. The fourth-order valence-corrected chi connectivity index (χ4v) is 3.27. The summed E-state index contributed by atoms with van der Waals surface area (Å²) in [5.74, 6) is -0.834. The van der Waals surface area contributed by atoms with E-state index in [1.165, 1.54) is 5.56 Å². The minimum absolute atomic E-state index is 0.0849. The van der Waals surface area contributed by atoms with E-state index in [1.807, 2.05) is 31.2 Å². The summed E-state index contributed by atoms with van der Waals surface area (Å²) in [7, 11) is 0. The van der Waals surface area contributed by atoms with Crippen LogP contribution in [-0.2, 0) is 0 Å². The number of carbonyl (C=O) groups excluding carboxylic acids is 2. The lowest BCUT2D eigenvalue weighted by Crippen LogP contribution is -2.36. The number of anilines is 1. The van der Waals surface area contributed by atoms with Gasteiger partial charge in [0.2, 0.25) is 0 Å². The van der Waals surface area contributed by atoms with E-state index >= 15 is 0 Å². The lowest BCUT2D eigenvalue weighted by molar-refractivity contribution is 0.0833. The van der Waals surface area contributed by atoms with Crippen molar-refractivity contribution in [3.05, 3.63) is 70.8 Å². The van der Waals surface area contributed by atoms with Crippen LogP contribution in [0.25, 0.3) is 6.08 Å². The number of carbonyl (C=O) groups is 2. The van der Waals surface area contributed by atoms with Gasteiger partial charge in [0, 0.05) is 16.8 Å². The fourth-order valence-electron chi connectivity index (χ4n) is 3.27. The van der Waals surface area contributed by atoms with Gasteiger partial charge in [0.25, 0.3) is 0 Å². The Morgan fingerprint density at radius 2 is 1.64 bits per heavy atom. The fraction of sp³-hybridized carbons (Fsp3) is 0.158. The summed E-state index contributed by atoms with van der Waals surface area (Å²) in [6.07, 6.45) is 3.92. The van der Waals surface area contributed by atoms with Crippen LogP contribution in [-0.4, -0.2) is 17.6 Å². The summed E-state index contributed by atoms with van der Waals surface area (Å²) in [5, 5.41) is 3.33. The van der Waals surface area contributed by atoms with Gasteiger partial charge >= 0.3 is 0 Å². The summed E-state index contributed by atoms with van der Waals surface area (Å²) >= 11 is 0. The first-order valence-electron chi connectivity index (χ1n) is 7.38. The van der Waals surface area contributed by atoms with Gasteiger partial charge in [0.15, 0.2) is 11.6 Å². The van der Waals surface area contributed by atoms with Gasteiger partial charge in [0.1, 0.15) is 5.92 Å². The Morgan fingerprint density at radius 1 is 0.955 bits per heavy atom. The maximum Gasteiger partial charge on any atom is 0.176 e. The van der Waals surface area contributed by atoms with Crippen molar-refractivity contribution in [1.82, 2.24) is 0 Å². The highest BCUT2D eigenvalue weighted by Gasteiger charge is 2.43. The predicted molar refractivity (Wildman–Crippen MR) is 86.2 cm³/mol. The number of rotatable bonds is 1. The number of fused-ring (bicyclic) bond motifs is 2. The van der Waals surface area contributed by atoms with Crippen molar-refractivity contribution in [2.75, 3.05) is 5.32 Å². The molecule has 2 aromatic carbocycles. The van der Waals surface area contributed by atoms with E-state index in [-0.39, 0.29) is 17.6 Å². The number of benzene rings is 2. The molecule has 3 nitrogen and oxygen atoms in total. The minimum atomic E-state index is -0.664. The molecule has 1 heterocycles. The maximum atomic E-state index is 12.6. The van der Waals surface area contributed by atoms with Gasteiger partial charge in [-0.15, -0.1) is 0 Å². The average Bonchev–Trinajstić information content (AvgIpc) is 2.79. The van der Waals surface area contributed by atoms with Crippen LogP contribution in [0.2, 0.25) is 0 Å². The third-order valence-corrected chi connectivity index (χ3v) is 4.39. The molecule has 0 saturated carbocycles. The Bertz CT molecular complexity index is 800. The van der Waals surface area contributed by atoms with Crippen molar-refractivity contribution in [1.29, 1.82) is 0 Å². The van der Waals surface area contributed by atoms with Crippen LogP contribution in [0.15, 0.2) is 48.5 Å². The highest BCUT2D eigenvalue weighted by molar-refractivity contribution is 6.27. The van der Waals surface area contributed by atoms with E-state index in [2.05, 4.69) is 11.4 Å². The highest BCUT2D eigenvalue weighted by atomic mass is 16.2. The van der Waals surface area contributed by atoms with Gasteiger partial charge in [0.05, 0.1) is 6.04 Å². The Balaban J connectivity index is 1.70. The van der Waals surface area contributed by atoms with Gasteiger partial charge in [-0.1, -0.05) is 48.0 Å². The monoisotopic (exact) mass is 289 g/mol. The van der Waals surface area contributed by atoms with Crippen LogP contribution in [0.3, 0.4) is 0 Å². The molecule has 1 N–H and O–H groups in total. The van der Waals surface area contributed by atoms with Crippen molar-refractivity contribution in [3.63, 3.8) is 0 Å². The molecule has 0 radical (unpaired) electrons. The second kappa shape index (κ2) is 4.67. The van der Waals surface area contributed by atoms with Gasteiger partial charge in [-0.25, -0.2) is 0 Å². The maximum absolute atomic E-state index is 12.6. The molecule has 2 aliphatic rings. The van der Waals surface area contributed by atoms with Gasteiger partial charge < -0.3 is 5.32 Å². The van der Waals surface area contributed by atoms with Crippen LogP contribution >= 0.6 is 0 Å². The summed E-state index contributed by atoms with van der Waals surface area (Å²) < 4.78 is 0. The summed E-state index contributed by atoms with van der Waals surface area (Å²) in [5.41, 5.74) is 4.33. The highest BCUT2D eigenvalue weighted by Crippen LogP contribution is 2.33. The largest absolute Gasteiger partial charge is 0.377 e. The van der Waals surface area contributed by atoms with Crippen LogP contribution in [0.4, 0.5) is 5.69 Å². The molecular weight excluding hydrogens is 274 g/mol. The molecule has 4 rings (SSSR count). The molecular formula is C19H15NO2. The molecule has 108 valence electrons. The first kappa shape index (κ1) is 13.0. The first-order valence-corrected chi connectivity index (χ1v) is 7.38. The summed E-state index contributed by atoms with van der Waals surface area (Å²) in [6.45, 7) is 2.04. The zero-order chi connectivity index (χ0) is 15.3. The Hall–Kier alpha value is -2.68. The second-order valence-corrected chi connectivity index (χ2v) is 5.87.